The second-order valence-electron chi connectivity index (χ2n) is 5.23. The Kier molecular flexibility index (Phi) is 3.96. The number of H-pyrrole nitrogens is 2. The molecule has 1 aliphatic heterocycles. The molecule has 1 saturated heterocycles. The number of sulfonamides is 1. The molecule has 0 radical (unpaired) electrons. The molecule has 1 aromatic heterocycles. The van der Waals surface area contributed by atoms with Gasteiger partial charge in [-0.05, 0) is 18.2 Å². The number of carbonyl (C=O) groups is 1. The van der Waals surface area contributed by atoms with E-state index in [4.69, 9.17) is 9.84 Å². The van der Waals surface area contributed by atoms with Gasteiger partial charge in [0.25, 0.3) is 0 Å². The van der Waals surface area contributed by atoms with Crippen molar-refractivity contribution >= 4 is 27.0 Å². The van der Waals surface area contributed by atoms with Crippen LogP contribution in [-0.2, 0) is 19.6 Å². The van der Waals surface area contributed by atoms with E-state index in [-0.39, 0.29) is 31.1 Å². The van der Waals surface area contributed by atoms with Crippen LogP contribution in [0.3, 0.4) is 0 Å². The number of aromatic amines is 2. The second-order valence-corrected chi connectivity index (χ2v) is 7.12. The van der Waals surface area contributed by atoms with E-state index in [1.54, 1.807) is 0 Å². The van der Waals surface area contributed by atoms with Gasteiger partial charge in [-0.1, -0.05) is 0 Å². The molecule has 2 heterocycles. The van der Waals surface area contributed by atoms with Gasteiger partial charge in [0.1, 0.15) is 0 Å². The summed E-state index contributed by atoms with van der Waals surface area (Å²) >= 11 is 0. The highest BCUT2D eigenvalue weighted by Gasteiger charge is 2.35. The van der Waals surface area contributed by atoms with E-state index in [1.807, 2.05) is 0 Å². The minimum atomic E-state index is -3.88. The van der Waals surface area contributed by atoms with Crippen LogP contribution < -0.4 is 5.69 Å². The van der Waals surface area contributed by atoms with Gasteiger partial charge >= 0.3 is 11.7 Å². The molecular weight excluding hydrogens is 326 g/mol. The maximum atomic E-state index is 12.8. The zero-order valence-electron chi connectivity index (χ0n) is 12.0. The topological polar surface area (TPSA) is 133 Å². The summed E-state index contributed by atoms with van der Waals surface area (Å²) in [4.78, 5) is 27.2. The zero-order valence-corrected chi connectivity index (χ0v) is 12.8. The molecule has 0 spiro atoms. The van der Waals surface area contributed by atoms with Gasteiger partial charge in [0, 0.05) is 6.54 Å². The first kappa shape index (κ1) is 15.7. The second kappa shape index (κ2) is 5.80. The lowest BCUT2D eigenvalue weighted by Crippen LogP contribution is -2.49. The molecule has 3 rings (SSSR count). The van der Waals surface area contributed by atoms with Gasteiger partial charge in [-0.2, -0.15) is 4.31 Å². The first-order valence-electron chi connectivity index (χ1n) is 6.91. The average Bonchev–Trinajstić information content (AvgIpc) is 2.86. The normalized spacial score (nSPS) is 19.9. The third-order valence-electron chi connectivity index (χ3n) is 3.68. The number of nitrogens with zero attached hydrogens (tertiary/aromatic N) is 1. The molecule has 10 heteroatoms. The summed E-state index contributed by atoms with van der Waals surface area (Å²) in [6, 6.07) is 3.48. The van der Waals surface area contributed by atoms with Crippen LogP contribution in [0.1, 0.15) is 6.42 Å². The average molecular weight is 341 g/mol. The van der Waals surface area contributed by atoms with Crippen molar-refractivity contribution in [2.24, 2.45) is 0 Å². The van der Waals surface area contributed by atoms with Crippen molar-refractivity contribution in [1.82, 2.24) is 14.3 Å². The van der Waals surface area contributed by atoms with Gasteiger partial charge in [-0.15, -0.1) is 0 Å². The summed E-state index contributed by atoms with van der Waals surface area (Å²) in [5.74, 6) is -1.09. The fraction of sp³-hybridized carbons (Fsp3) is 0.385. The summed E-state index contributed by atoms with van der Waals surface area (Å²) in [7, 11) is -3.88. The number of morpholine rings is 1. The Morgan fingerprint density at radius 3 is 2.83 bits per heavy atom. The third kappa shape index (κ3) is 3.00. The maximum absolute atomic E-state index is 12.8. The van der Waals surface area contributed by atoms with Gasteiger partial charge in [0.05, 0.1) is 41.6 Å². The number of aliphatic carboxylic acids is 1. The quantitative estimate of drug-likeness (QED) is 0.700. The molecule has 3 N–H and O–H groups in total. The number of ether oxygens (including phenoxy) is 1. The Bertz CT molecular complexity index is 900. The van der Waals surface area contributed by atoms with Gasteiger partial charge in [-0.3, -0.25) is 4.79 Å². The molecule has 0 bridgehead atoms. The molecule has 0 aliphatic carbocycles. The van der Waals surface area contributed by atoms with Crippen molar-refractivity contribution in [3.8, 4) is 0 Å². The first-order valence-corrected chi connectivity index (χ1v) is 8.35. The molecule has 1 aromatic carbocycles. The molecule has 23 heavy (non-hydrogen) atoms. The number of benzene rings is 1. The third-order valence-corrected chi connectivity index (χ3v) is 5.63. The molecular formula is C13H15N3O6S. The van der Waals surface area contributed by atoms with Crippen LogP contribution in [0.5, 0.6) is 0 Å². The van der Waals surface area contributed by atoms with Gasteiger partial charge in [0.15, 0.2) is 0 Å². The van der Waals surface area contributed by atoms with Crippen LogP contribution in [0.15, 0.2) is 27.9 Å². The van der Waals surface area contributed by atoms with Crippen LogP contribution in [0.25, 0.3) is 11.0 Å². The predicted molar refractivity (Wildman–Crippen MR) is 79.7 cm³/mol. The fourth-order valence-electron chi connectivity index (χ4n) is 2.63. The van der Waals surface area contributed by atoms with Crippen molar-refractivity contribution in [1.29, 1.82) is 0 Å². The standard InChI is InChI=1S/C13H15N3O6S/c17-12(18)5-8-7-22-4-3-16(8)23(20,21)9-1-2-10-11(6-9)15-13(19)14-10/h1-2,6,8H,3-5,7H2,(H,17,18)(H2,14,15,19). The van der Waals surface area contributed by atoms with Gasteiger partial charge in [-0.25, -0.2) is 13.2 Å². The lowest BCUT2D eigenvalue weighted by atomic mass is 10.2. The summed E-state index contributed by atoms with van der Waals surface area (Å²) in [6.07, 6.45) is -0.331. The number of nitrogens with one attached hydrogen (secondary N) is 2. The number of imidazole rings is 1. The van der Waals surface area contributed by atoms with Crippen LogP contribution in [-0.4, -0.2) is 59.6 Å². The minimum Gasteiger partial charge on any atom is -0.481 e. The van der Waals surface area contributed by atoms with Gasteiger partial charge in [0.2, 0.25) is 10.0 Å². The largest absolute Gasteiger partial charge is 0.481 e. The SMILES string of the molecule is O=C(O)CC1COCCN1S(=O)(=O)c1ccc2[nH]c(=O)[nH]c2c1. The van der Waals surface area contributed by atoms with E-state index in [0.717, 1.165) is 4.31 Å². The summed E-state index contributed by atoms with van der Waals surface area (Å²) in [5.41, 5.74) is 0.446. The summed E-state index contributed by atoms with van der Waals surface area (Å²) in [6.45, 7) is 0.329. The van der Waals surface area contributed by atoms with Crippen molar-refractivity contribution in [3.63, 3.8) is 0 Å². The molecule has 0 amide bonds. The number of hydrogen-bond acceptors (Lipinski definition) is 5. The molecule has 1 atom stereocenters. The van der Waals surface area contributed by atoms with Crippen LogP contribution in [0.4, 0.5) is 0 Å². The van der Waals surface area contributed by atoms with E-state index in [9.17, 15) is 18.0 Å². The van der Waals surface area contributed by atoms with Crippen molar-refractivity contribution in [3.05, 3.63) is 28.7 Å². The highest BCUT2D eigenvalue weighted by Crippen LogP contribution is 2.24. The Balaban J connectivity index is 2.00. The summed E-state index contributed by atoms with van der Waals surface area (Å²) < 4.78 is 32.0. The Morgan fingerprint density at radius 2 is 2.09 bits per heavy atom. The highest BCUT2D eigenvalue weighted by atomic mass is 32.2. The van der Waals surface area contributed by atoms with Crippen LogP contribution in [0.2, 0.25) is 0 Å². The molecule has 2 aromatic rings. The molecule has 1 aliphatic rings. The lowest BCUT2D eigenvalue weighted by Gasteiger charge is -2.33. The number of hydrogen-bond donors (Lipinski definition) is 3. The molecule has 0 saturated carbocycles. The lowest BCUT2D eigenvalue weighted by molar-refractivity contribution is -0.139. The molecule has 1 unspecified atom stereocenters. The molecule has 1 fully saturated rings. The maximum Gasteiger partial charge on any atom is 0.323 e. The van der Waals surface area contributed by atoms with Crippen LogP contribution in [0, 0.1) is 0 Å². The molecule has 124 valence electrons. The number of aromatic nitrogens is 2. The first-order chi connectivity index (χ1) is 10.9. The van der Waals surface area contributed by atoms with E-state index < -0.39 is 27.7 Å². The van der Waals surface area contributed by atoms with E-state index >= 15 is 0 Å². The molecule has 9 nitrogen and oxygen atoms in total. The predicted octanol–water partition coefficient (Wildman–Crippen LogP) is -0.280. The monoisotopic (exact) mass is 341 g/mol. The summed E-state index contributed by atoms with van der Waals surface area (Å²) in [5, 5.41) is 8.94. The Hall–Kier alpha value is -2.17. The zero-order chi connectivity index (χ0) is 16.6. The highest BCUT2D eigenvalue weighted by molar-refractivity contribution is 7.89. The Morgan fingerprint density at radius 1 is 1.35 bits per heavy atom. The van der Waals surface area contributed by atoms with E-state index in [1.165, 1.54) is 18.2 Å². The smallest absolute Gasteiger partial charge is 0.323 e. The van der Waals surface area contributed by atoms with Gasteiger partial charge < -0.3 is 19.8 Å². The van der Waals surface area contributed by atoms with E-state index in [0.29, 0.717) is 11.0 Å². The van der Waals surface area contributed by atoms with Crippen molar-refractivity contribution in [2.75, 3.05) is 19.8 Å². The van der Waals surface area contributed by atoms with Crippen LogP contribution >= 0.6 is 0 Å². The van der Waals surface area contributed by atoms with Crippen molar-refractivity contribution in [2.45, 2.75) is 17.4 Å². The Labute approximate surface area is 130 Å². The number of carboxylic acids is 1. The number of carboxylic acid groups (broad SMARTS) is 1. The fourth-order valence-corrected chi connectivity index (χ4v) is 4.25. The van der Waals surface area contributed by atoms with Crippen molar-refractivity contribution < 1.29 is 23.1 Å². The minimum absolute atomic E-state index is 0.00228. The number of fused-ring (bicyclic) bond motifs is 1. The van der Waals surface area contributed by atoms with E-state index in [2.05, 4.69) is 9.97 Å². The number of rotatable bonds is 4.